The zero-order valence-corrected chi connectivity index (χ0v) is 16.2. The van der Waals surface area contributed by atoms with Crippen LogP contribution in [0.1, 0.15) is 0 Å². The van der Waals surface area contributed by atoms with Crippen LogP contribution in [0.2, 0.25) is 10.0 Å². The lowest BCUT2D eigenvalue weighted by Crippen LogP contribution is -2.20. The molecule has 2 heterocycles. The van der Waals surface area contributed by atoms with E-state index in [2.05, 4.69) is 10.3 Å². The van der Waals surface area contributed by atoms with Crippen molar-refractivity contribution in [3.63, 3.8) is 0 Å². The van der Waals surface area contributed by atoms with E-state index in [9.17, 15) is 4.79 Å². The minimum Gasteiger partial charge on any atom is -0.482 e. The smallest absolute Gasteiger partial charge is 0.262 e. The van der Waals surface area contributed by atoms with Gasteiger partial charge in [-0.05, 0) is 24.3 Å². The monoisotopic (exact) mass is 417 g/mol. The van der Waals surface area contributed by atoms with E-state index >= 15 is 0 Å². The van der Waals surface area contributed by atoms with Crippen LogP contribution in [-0.4, -0.2) is 21.9 Å². The van der Waals surface area contributed by atoms with Gasteiger partial charge in [0.25, 0.3) is 5.91 Å². The second kappa shape index (κ2) is 7.60. The summed E-state index contributed by atoms with van der Waals surface area (Å²) in [5, 5.41) is 5.44. The number of amides is 1. The van der Waals surface area contributed by atoms with Crippen molar-refractivity contribution in [3.8, 4) is 17.0 Å². The third-order valence-corrected chi connectivity index (χ3v) is 5.40. The lowest BCUT2D eigenvalue weighted by molar-refractivity contribution is -0.118. The Bertz CT molecular complexity index is 1080. The molecule has 0 atom stereocenters. The largest absolute Gasteiger partial charge is 0.482 e. The number of carbonyl (C=O) groups is 1. The molecule has 27 heavy (non-hydrogen) atoms. The molecule has 0 aliphatic carbocycles. The maximum Gasteiger partial charge on any atom is 0.262 e. The molecule has 0 saturated carbocycles. The predicted molar refractivity (Wildman–Crippen MR) is 109 cm³/mol. The van der Waals surface area contributed by atoms with Gasteiger partial charge in [0, 0.05) is 29.0 Å². The Kier molecular flexibility index (Phi) is 5.03. The lowest BCUT2D eigenvalue weighted by Gasteiger charge is -2.09. The molecule has 0 aliphatic heterocycles. The summed E-state index contributed by atoms with van der Waals surface area (Å²) >= 11 is 13.5. The van der Waals surface area contributed by atoms with E-state index in [1.54, 1.807) is 29.5 Å². The highest BCUT2D eigenvalue weighted by Crippen LogP contribution is 2.31. The molecule has 4 aromatic rings. The van der Waals surface area contributed by atoms with Gasteiger partial charge in [-0.3, -0.25) is 9.20 Å². The van der Waals surface area contributed by atoms with Crippen LogP contribution in [0.3, 0.4) is 0 Å². The van der Waals surface area contributed by atoms with E-state index in [1.807, 2.05) is 46.4 Å². The van der Waals surface area contributed by atoms with Gasteiger partial charge in [-0.2, -0.15) is 0 Å². The van der Waals surface area contributed by atoms with Gasteiger partial charge in [0.1, 0.15) is 10.8 Å². The van der Waals surface area contributed by atoms with E-state index in [1.165, 1.54) is 0 Å². The molecule has 0 fully saturated rings. The van der Waals surface area contributed by atoms with Crippen LogP contribution in [0.25, 0.3) is 16.2 Å². The summed E-state index contributed by atoms with van der Waals surface area (Å²) in [6.07, 6.45) is 3.94. The first-order chi connectivity index (χ1) is 13.1. The number of halogens is 2. The van der Waals surface area contributed by atoms with Crippen molar-refractivity contribution in [1.29, 1.82) is 0 Å². The number of carbonyl (C=O) groups excluding carboxylic acids is 1. The van der Waals surface area contributed by atoms with Gasteiger partial charge >= 0.3 is 0 Å². The molecule has 5 nitrogen and oxygen atoms in total. The molecule has 1 amide bonds. The summed E-state index contributed by atoms with van der Waals surface area (Å²) in [4.78, 5) is 17.6. The second-order valence-corrected chi connectivity index (χ2v) is 7.34. The third-order valence-electron chi connectivity index (χ3n) is 3.83. The van der Waals surface area contributed by atoms with E-state index in [0.29, 0.717) is 16.5 Å². The second-order valence-electron chi connectivity index (χ2n) is 5.69. The van der Waals surface area contributed by atoms with Gasteiger partial charge in [-0.15, -0.1) is 11.3 Å². The first kappa shape index (κ1) is 17.9. The molecule has 4 rings (SSSR count). The van der Waals surface area contributed by atoms with Gasteiger partial charge in [0.15, 0.2) is 11.6 Å². The van der Waals surface area contributed by atoms with Crippen molar-refractivity contribution in [2.75, 3.05) is 11.9 Å². The van der Waals surface area contributed by atoms with Crippen molar-refractivity contribution >= 4 is 51.1 Å². The summed E-state index contributed by atoms with van der Waals surface area (Å²) in [6, 6.07) is 12.5. The number of aromatic nitrogens is 2. The molecule has 136 valence electrons. The van der Waals surface area contributed by atoms with Crippen LogP contribution in [0.5, 0.6) is 5.75 Å². The Morgan fingerprint density at radius 2 is 2.00 bits per heavy atom. The Morgan fingerprint density at radius 1 is 1.19 bits per heavy atom. The van der Waals surface area contributed by atoms with E-state index in [-0.39, 0.29) is 17.5 Å². The molecule has 2 aromatic carbocycles. The number of fused-ring (bicyclic) bond motifs is 1. The average Bonchev–Trinajstić information content (AvgIpc) is 3.26. The van der Waals surface area contributed by atoms with Crippen molar-refractivity contribution in [3.05, 3.63) is 70.3 Å². The lowest BCUT2D eigenvalue weighted by atomic mass is 10.1. The standard InChI is InChI=1S/C19H13Cl2N3O2S/c20-14-2-1-3-16(18(14)21)26-11-17(25)22-13-6-4-12(5-7-13)15-10-24-8-9-27-19(24)23-15/h1-10H,11H2,(H,22,25). The van der Waals surface area contributed by atoms with E-state index in [4.69, 9.17) is 27.9 Å². The Hall–Kier alpha value is -2.54. The highest BCUT2D eigenvalue weighted by Gasteiger charge is 2.09. The SMILES string of the molecule is O=C(COc1cccc(Cl)c1Cl)Nc1ccc(-c2cn3ccsc3n2)cc1. The van der Waals surface area contributed by atoms with Gasteiger partial charge < -0.3 is 10.1 Å². The quantitative estimate of drug-likeness (QED) is 0.473. The third kappa shape index (κ3) is 3.93. The number of hydrogen-bond donors (Lipinski definition) is 1. The molecule has 0 saturated heterocycles. The number of nitrogens with one attached hydrogen (secondary N) is 1. The number of hydrogen-bond acceptors (Lipinski definition) is 4. The minimum absolute atomic E-state index is 0.168. The molecule has 0 unspecified atom stereocenters. The number of imidazole rings is 1. The maximum atomic E-state index is 12.1. The van der Waals surface area contributed by atoms with Crippen molar-refractivity contribution in [2.45, 2.75) is 0 Å². The van der Waals surface area contributed by atoms with Crippen LogP contribution < -0.4 is 10.1 Å². The summed E-state index contributed by atoms with van der Waals surface area (Å²) in [6.45, 7) is -0.168. The topological polar surface area (TPSA) is 55.6 Å². The average molecular weight is 418 g/mol. The Labute approximate surface area is 169 Å². The summed E-state index contributed by atoms with van der Waals surface area (Å²) < 4.78 is 7.41. The first-order valence-corrected chi connectivity index (χ1v) is 9.63. The zero-order valence-electron chi connectivity index (χ0n) is 13.9. The number of benzene rings is 2. The van der Waals surface area contributed by atoms with Crippen LogP contribution in [-0.2, 0) is 4.79 Å². The van der Waals surface area contributed by atoms with Crippen molar-refractivity contribution in [2.24, 2.45) is 0 Å². The van der Waals surface area contributed by atoms with Gasteiger partial charge in [0.05, 0.1) is 10.7 Å². The number of rotatable bonds is 5. The number of anilines is 1. The molecule has 0 radical (unpaired) electrons. The summed E-state index contributed by atoms with van der Waals surface area (Å²) in [5.41, 5.74) is 2.54. The summed E-state index contributed by atoms with van der Waals surface area (Å²) in [7, 11) is 0. The number of ether oxygens (including phenoxy) is 1. The van der Waals surface area contributed by atoms with Gasteiger partial charge in [0.2, 0.25) is 0 Å². The maximum absolute atomic E-state index is 12.1. The Morgan fingerprint density at radius 3 is 2.78 bits per heavy atom. The van der Waals surface area contributed by atoms with Crippen LogP contribution in [0.4, 0.5) is 5.69 Å². The molecule has 0 spiro atoms. The number of nitrogens with zero attached hydrogens (tertiary/aromatic N) is 2. The molecule has 1 N–H and O–H groups in total. The van der Waals surface area contributed by atoms with Gasteiger partial charge in [-0.1, -0.05) is 41.4 Å². The normalized spacial score (nSPS) is 10.9. The first-order valence-electron chi connectivity index (χ1n) is 7.99. The minimum atomic E-state index is -0.290. The zero-order chi connectivity index (χ0) is 18.8. The fourth-order valence-electron chi connectivity index (χ4n) is 2.53. The van der Waals surface area contributed by atoms with Crippen LogP contribution in [0.15, 0.2) is 60.2 Å². The predicted octanol–water partition coefficient (Wildman–Crippen LogP) is 5.39. The molecular formula is C19H13Cl2N3O2S. The number of thiazole rings is 1. The molecule has 0 bridgehead atoms. The van der Waals surface area contributed by atoms with Crippen LogP contribution >= 0.6 is 34.5 Å². The molecular weight excluding hydrogens is 405 g/mol. The van der Waals surface area contributed by atoms with E-state index < -0.39 is 0 Å². The van der Waals surface area contributed by atoms with Crippen LogP contribution in [0, 0.1) is 0 Å². The molecule has 0 aliphatic rings. The molecule has 8 heteroatoms. The highest BCUT2D eigenvalue weighted by atomic mass is 35.5. The fraction of sp³-hybridized carbons (Fsp3) is 0.0526. The van der Waals surface area contributed by atoms with Gasteiger partial charge in [-0.25, -0.2) is 4.98 Å². The van der Waals surface area contributed by atoms with Crippen molar-refractivity contribution < 1.29 is 9.53 Å². The highest BCUT2D eigenvalue weighted by molar-refractivity contribution is 7.15. The fourth-order valence-corrected chi connectivity index (χ4v) is 3.57. The molecule has 2 aromatic heterocycles. The Balaban J connectivity index is 1.38. The van der Waals surface area contributed by atoms with E-state index in [0.717, 1.165) is 16.2 Å². The van der Waals surface area contributed by atoms with Crippen molar-refractivity contribution in [1.82, 2.24) is 9.38 Å². The summed E-state index contributed by atoms with van der Waals surface area (Å²) in [5.74, 6) is 0.0794.